The largest absolute Gasteiger partial charge is 0.377 e. The van der Waals surface area contributed by atoms with E-state index in [1.54, 1.807) is 0 Å². The number of ether oxygens (including phenoxy) is 2. The van der Waals surface area contributed by atoms with Crippen molar-refractivity contribution < 1.29 is 9.47 Å². The van der Waals surface area contributed by atoms with E-state index >= 15 is 0 Å². The third-order valence-corrected chi connectivity index (χ3v) is 5.14. The normalized spacial score (nSPS) is 32.8. The molecule has 1 aliphatic heterocycles. The third-order valence-electron chi connectivity index (χ3n) is 5.14. The van der Waals surface area contributed by atoms with Crippen LogP contribution in [-0.4, -0.2) is 36.5 Å². The average Bonchev–Trinajstić information content (AvgIpc) is 2.44. The summed E-state index contributed by atoms with van der Waals surface area (Å²) in [7, 11) is 1.87. The first kappa shape index (κ1) is 15.3. The van der Waals surface area contributed by atoms with Gasteiger partial charge in [0.2, 0.25) is 0 Å². The van der Waals surface area contributed by atoms with Crippen LogP contribution in [0.1, 0.15) is 60.3 Å². The van der Waals surface area contributed by atoms with E-state index in [2.05, 4.69) is 39.9 Å². The number of nitrogens with one attached hydrogen (secondary N) is 1. The van der Waals surface area contributed by atoms with E-state index in [9.17, 15) is 0 Å². The van der Waals surface area contributed by atoms with Gasteiger partial charge in [-0.15, -0.1) is 0 Å². The Morgan fingerprint density at radius 1 is 1.26 bits per heavy atom. The first-order valence-corrected chi connectivity index (χ1v) is 7.75. The van der Waals surface area contributed by atoms with Gasteiger partial charge in [-0.05, 0) is 59.9 Å². The maximum absolute atomic E-state index is 6.29. The number of methoxy groups -OCH3 is 1. The van der Waals surface area contributed by atoms with Crippen LogP contribution in [0.15, 0.2) is 0 Å². The Morgan fingerprint density at radius 2 is 1.89 bits per heavy atom. The molecule has 0 aromatic carbocycles. The Kier molecular flexibility index (Phi) is 4.03. The molecule has 0 amide bonds. The molecule has 3 nitrogen and oxygen atoms in total. The van der Waals surface area contributed by atoms with E-state index in [1.807, 2.05) is 7.11 Å². The highest BCUT2D eigenvalue weighted by Gasteiger charge is 2.56. The van der Waals surface area contributed by atoms with Gasteiger partial charge in [-0.1, -0.05) is 6.92 Å². The molecule has 0 aromatic rings. The number of rotatable bonds is 5. The molecule has 1 heterocycles. The molecule has 0 radical (unpaired) electrons. The van der Waals surface area contributed by atoms with E-state index in [-0.39, 0.29) is 16.8 Å². The highest BCUT2D eigenvalue weighted by atomic mass is 16.5. The molecule has 112 valence electrons. The Hall–Kier alpha value is -0.120. The van der Waals surface area contributed by atoms with Gasteiger partial charge >= 0.3 is 0 Å². The van der Waals surface area contributed by atoms with Gasteiger partial charge in [-0.3, -0.25) is 0 Å². The summed E-state index contributed by atoms with van der Waals surface area (Å²) < 4.78 is 12.2. The maximum atomic E-state index is 6.29. The van der Waals surface area contributed by atoms with Gasteiger partial charge in [0.15, 0.2) is 0 Å². The summed E-state index contributed by atoms with van der Waals surface area (Å²) >= 11 is 0. The smallest absolute Gasteiger partial charge is 0.0834 e. The van der Waals surface area contributed by atoms with Crippen molar-refractivity contribution in [1.82, 2.24) is 5.32 Å². The topological polar surface area (TPSA) is 30.5 Å². The molecule has 2 aliphatic rings. The molecule has 2 rings (SSSR count). The summed E-state index contributed by atoms with van der Waals surface area (Å²) in [6.45, 7) is 12.1. The van der Waals surface area contributed by atoms with E-state index in [1.165, 1.54) is 19.3 Å². The summed E-state index contributed by atoms with van der Waals surface area (Å²) in [5, 5.41) is 3.71. The van der Waals surface area contributed by atoms with Crippen molar-refractivity contribution in [2.45, 2.75) is 83.1 Å². The molecule has 2 atom stereocenters. The third kappa shape index (κ3) is 2.70. The summed E-state index contributed by atoms with van der Waals surface area (Å²) in [5.74, 6) is 0.502. The highest BCUT2D eigenvalue weighted by Crippen LogP contribution is 2.50. The fourth-order valence-corrected chi connectivity index (χ4v) is 4.21. The number of hydrogen-bond acceptors (Lipinski definition) is 3. The van der Waals surface area contributed by atoms with Crippen LogP contribution in [-0.2, 0) is 9.47 Å². The number of likely N-dealkylation sites (N-methyl/N-ethyl adjacent to an activating group) is 1. The van der Waals surface area contributed by atoms with Gasteiger partial charge in [0.1, 0.15) is 0 Å². The van der Waals surface area contributed by atoms with Gasteiger partial charge < -0.3 is 14.8 Å². The molecular weight excluding hydrogens is 238 g/mol. The van der Waals surface area contributed by atoms with Crippen molar-refractivity contribution in [3.05, 3.63) is 0 Å². The molecule has 1 saturated carbocycles. The van der Waals surface area contributed by atoms with Crippen molar-refractivity contribution in [1.29, 1.82) is 0 Å². The maximum Gasteiger partial charge on any atom is 0.0834 e. The summed E-state index contributed by atoms with van der Waals surface area (Å²) in [6, 6.07) is 0.396. The zero-order chi connectivity index (χ0) is 14.3. The van der Waals surface area contributed by atoms with Crippen LogP contribution >= 0.6 is 0 Å². The van der Waals surface area contributed by atoms with E-state index in [0.29, 0.717) is 12.0 Å². The lowest BCUT2D eigenvalue weighted by Crippen LogP contribution is -2.62. The standard InChI is InChI=1S/C16H31NO2/c1-7-17-13(16(18-6)9-8-10-16)12-11-14(2,3)19-15(12,4)5/h12-13,17H,7-11H2,1-6H3. The SMILES string of the molecule is CCNC(C1CC(C)(C)OC1(C)C)C1(OC)CCC1. The van der Waals surface area contributed by atoms with Crippen LogP contribution in [0.25, 0.3) is 0 Å². The fourth-order valence-electron chi connectivity index (χ4n) is 4.21. The lowest BCUT2D eigenvalue weighted by atomic mass is 9.66. The first-order valence-electron chi connectivity index (χ1n) is 7.75. The molecule has 3 heteroatoms. The van der Waals surface area contributed by atoms with Gasteiger partial charge in [0.05, 0.1) is 16.8 Å². The molecule has 0 spiro atoms. The molecule has 1 saturated heterocycles. The zero-order valence-corrected chi connectivity index (χ0v) is 13.5. The van der Waals surface area contributed by atoms with Gasteiger partial charge in [0, 0.05) is 19.1 Å². The van der Waals surface area contributed by atoms with Crippen molar-refractivity contribution in [2.75, 3.05) is 13.7 Å². The first-order chi connectivity index (χ1) is 8.76. The van der Waals surface area contributed by atoms with Crippen LogP contribution in [0.5, 0.6) is 0 Å². The second kappa shape index (κ2) is 5.01. The van der Waals surface area contributed by atoms with Crippen molar-refractivity contribution in [3.63, 3.8) is 0 Å². The van der Waals surface area contributed by atoms with Crippen LogP contribution in [0.3, 0.4) is 0 Å². The van der Waals surface area contributed by atoms with E-state index < -0.39 is 0 Å². The second-order valence-corrected chi connectivity index (χ2v) is 7.43. The Morgan fingerprint density at radius 3 is 2.21 bits per heavy atom. The molecule has 1 aliphatic carbocycles. The monoisotopic (exact) mass is 269 g/mol. The molecular formula is C16H31NO2. The highest BCUT2D eigenvalue weighted by molar-refractivity contribution is 5.09. The van der Waals surface area contributed by atoms with Gasteiger partial charge in [-0.2, -0.15) is 0 Å². The fraction of sp³-hybridized carbons (Fsp3) is 1.00. The van der Waals surface area contributed by atoms with Gasteiger partial charge in [-0.25, -0.2) is 0 Å². The van der Waals surface area contributed by atoms with Crippen LogP contribution < -0.4 is 5.32 Å². The Balaban J connectivity index is 2.24. The predicted octanol–water partition coefficient (Wildman–Crippen LogP) is 3.13. The molecule has 1 N–H and O–H groups in total. The minimum atomic E-state index is -0.0859. The lowest BCUT2D eigenvalue weighted by molar-refractivity contribution is -0.132. The Bertz CT molecular complexity index is 315. The van der Waals surface area contributed by atoms with Crippen molar-refractivity contribution in [2.24, 2.45) is 5.92 Å². The van der Waals surface area contributed by atoms with E-state index in [4.69, 9.17) is 9.47 Å². The zero-order valence-electron chi connectivity index (χ0n) is 13.5. The Labute approximate surface area is 118 Å². The van der Waals surface area contributed by atoms with Gasteiger partial charge in [0.25, 0.3) is 0 Å². The predicted molar refractivity (Wildman–Crippen MR) is 78.4 cm³/mol. The molecule has 2 fully saturated rings. The van der Waals surface area contributed by atoms with E-state index in [0.717, 1.165) is 13.0 Å². The summed E-state index contributed by atoms with van der Waals surface area (Å²) in [5.41, 5.74) is -0.0836. The minimum absolute atomic E-state index is 0.0273. The molecule has 0 aromatic heterocycles. The van der Waals surface area contributed by atoms with Crippen molar-refractivity contribution in [3.8, 4) is 0 Å². The van der Waals surface area contributed by atoms with Crippen LogP contribution in [0, 0.1) is 5.92 Å². The second-order valence-electron chi connectivity index (χ2n) is 7.43. The van der Waals surface area contributed by atoms with Crippen LogP contribution in [0.4, 0.5) is 0 Å². The molecule has 0 bridgehead atoms. The van der Waals surface area contributed by atoms with Crippen LogP contribution in [0.2, 0.25) is 0 Å². The number of hydrogen-bond donors (Lipinski definition) is 1. The molecule has 2 unspecified atom stereocenters. The average molecular weight is 269 g/mol. The quantitative estimate of drug-likeness (QED) is 0.832. The molecule has 19 heavy (non-hydrogen) atoms. The van der Waals surface area contributed by atoms with Crippen molar-refractivity contribution >= 4 is 0 Å². The minimum Gasteiger partial charge on any atom is -0.377 e. The summed E-state index contributed by atoms with van der Waals surface area (Å²) in [6.07, 6.45) is 4.73. The lowest BCUT2D eigenvalue weighted by Gasteiger charge is -2.51. The summed E-state index contributed by atoms with van der Waals surface area (Å²) in [4.78, 5) is 0.